The molecular formula is C28H43F4NO2. The van der Waals surface area contributed by atoms with E-state index in [0.29, 0.717) is 12.0 Å². The average Bonchev–Trinajstić information content (AvgIpc) is 2.81. The summed E-state index contributed by atoms with van der Waals surface area (Å²) in [6.45, 7) is 0.109. The van der Waals surface area contributed by atoms with Crippen LogP contribution in [0.15, 0.2) is 18.2 Å². The van der Waals surface area contributed by atoms with Gasteiger partial charge >= 0.3 is 6.18 Å². The molecule has 1 rings (SSSR count). The van der Waals surface area contributed by atoms with Crippen molar-refractivity contribution >= 4 is 0 Å². The van der Waals surface area contributed by atoms with Gasteiger partial charge in [-0.25, -0.2) is 4.39 Å². The number of hydrogen-bond acceptors (Lipinski definition) is 3. The first-order chi connectivity index (χ1) is 16.8. The van der Waals surface area contributed by atoms with E-state index in [1.165, 1.54) is 63.5 Å². The summed E-state index contributed by atoms with van der Waals surface area (Å²) in [5, 5.41) is 18.4. The fourth-order valence-electron chi connectivity index (χ4n) is 4.24. The monoisotopic (exact) mass is 501 g/mol. The highest BCUT2D eigenvalue weighted by atomic mass is 19.4. The molecule has 0 heterocycles. The van der Waals surface area contributed by atoms with Crippen molar-refractivity contribution < 1.29 is 27.4 Å². The molecule has 3 nitrogen and oxygen atoms in total. The van der Waals surface area contributed by atoms with Gasteiger partial charge in [-0.15, -0.1) is 0 Å². The van der Waals surface area contributed by atoms with Gasteiger partial charge in [0, 0.05) is 6.42 Å². The number of aliphatic hydroxyl groups is 1. The quantitative estimate of drug-likeness (QED) is 0.135. The number of unbranched alkanes of at least 4 members (excludes halogenated alkanes) is 14. The Kier molecular flexibility index (Phi) is 17.5. The predicted molar refractivity (Wildman–Crippen MR) is 131 cm³/mol. The summed E-state index contributed by atoms with van der Waals surface area (Å²) >= 11 is 0. The molecule has 1 aromatic carbocycles. The average molecular weight is 502 g/mol. The third-order valence-electron chi connectivity index (χ3n) is 6.26. The Bertz CT molecular complexity index is 703. The highest BCUT2D eigenvalue weighted by Gasteiger charge is 2.25. The van der Waals surface area contributed by atoms with Gasteiger partial charge < -0.3 is 9.84 Å². The molecule has 200 valence electrons. The zero-order chi connectivity index (χ0) is 25.8. The Morgan fingerprint density at radius 1 is 0.771 bits per heavy atom. The summed E-state index contributed by atoms with van der Waals surface area (Å²) in [4.78, 5) is 0. The Hall–Kier alpha value is -1.65. The molecule has 1 N–H and O–H groups in total. The molecule has 35 heavy (non-hydrogen) atoms. The van der Waals surface area contributed by atoms with Gasteiger partial charge in [0.15, 0.2) is 0 Å². The Balaban J connectivity index is 1.90. The van der Waals surface area contributed by atoms with Gasteiger partial charge in [-0.05, 0) is 36.6 Å². The fourth-order valence-corrected chi connectivity index (χ4v) is 4.24. The van der Waals surface area contributed by atoms with Crippen LogP contribution in [0.2, 0.25) is 0 Å². The van der Waals surface area contributed by atoms with Crippen LogP contribution in [0.1, 0.15) is 120 Å². The van der Waals surface area contributed by atoms with Gasteiger partial charge in [0.1, 0.15) is 5.82 Å². The van der Waals surface area contributed by atoms with Gasteiger partial charge in [-0.3, -0.25) is 0 Å². The second-order valence-corrected chi connectivity index (χ2v) is 9.53. The lowest BCUT2D eigenvalue weighted by atomic mass is 10.0. The van der Waals surface area contributed by atoms with E-state index in [0.717, 1.165) is 38.5 Å². The van der Waals surface area contributed by atoms with Crippen molar-refractivity contribution in [1.29, 1.82) is 5.26 Å². The van der Waals surface area contributed by atoms with Crippen LogP contribution in [0.5, 0.6) is 0 Å². The smallest absolute Gasteiger partial charge is 0.389 e. The van der Waals surface area contributed by atoms with Crippen molar-refractivity contribution in [3.05, 3.63) is 35.1 Å². The predicted octanol–water partition coefficient (Wildman–Crippen LogP) is 8.77. The topological polar surface area (TPSA) is 53.2 Å². The van der Waals surface area contributed by atoms with Crippen molar-refractivity contribution in [2.45, 2.75) is 128 Å². The van der Waals surface area contributed by atoms with Crippen molar-refractivity contribution in [3.8, 4) is 6.07 Å². The van der Waals surface area contributed by atoms with Gasteiger partial charge in [-0.1, -0.05) is 89.9 Å². The van der Waals surface area contributed by atoms with Crippen molar-refractivity contribution in [2.24, 2.45) is 0 Å². The van der Waals surface area contributed by atoms with Gasteiger partial charge in [-0.2, -0.15) is 18.4 Å². The molecule has 0 spiro atoms. The van der Waals surface area contributed by atoms with Gasteiger partial charge in [0.2, 0.25) is 0 Å². The van der Waals surface area contributed by atoms with Crippen LogP contribution in [0.3, 0.4) is 0 Å². The summed E-state index contributed by atoms with van der Waals surface area (Å²) in [5.41, 5.74) is 0.861. The zero-order valence-electron chi connectivity index (χ0n) is 21.1. The van der Waals surface area contributed by atoms with Crippen molar-refractivity contribution in [1.82, 2.24) is 0 Å². The molecule has 0 aliphatic rings. The highest BCUT2D eigenvalue weighted by Crippen LogP contribution is 2.23. The first-order valence-electron chi connectivity index (χ1n) is 13.3. The number of ether oxygens (including phenoxy) is 1. The molecule has 0 aliphatic carbocycles. The largest absolute Gasteiger partial charge is 0.394 e. The van der Waals surface area contributed by atoms with E-state index in [1.807, 2.05) is 6.07 Å². The molecule has 0 saturated carbocycles. The molecule has 0 saturated heterocycles. The number of aliphatic hydroxyl groups excluding tert-OH is 1. The van der Waals surface area contributed by atoms with Gasteiger partial charge in [0.25, 0.3) is 0 Å². The molecular weight excluding hydrogens is 458 g/mol. The van der Waals surface area contributed by atoms with Crippen molar-refractivity contribution in [3.63, 3.8) is 0 Å². The van der Waals surface area contributed by atoms with E-state index in [2.05, 4.69) is 0 Å². The van der Waals surface area contributed by atoms with Crippen LogP contribution in [0.25, 0.3) is 0 Å². The van der Waals surface area contributed by atoms with Crippen LogP contribution in [0, 0.1) is 17.1 Å². The number of halogens is 4. The van der Waals surface area contributed by atoms with Crippen LogP contribution < -0.4 is 0 Å². The number of benzene rings is 1. The molecule has 0 amide bonds. The summed E-state index contributed by atoms with van der Waals surface area (Å²) in [5.74, 6) is -0.459. The first kappa shape index (κ1) is 31.4. The second kappa shape index (κ2) is 19.5. The van der Waals surface area contributed by atoms with E-state index < -0.39 is 18.4 Å². The SMILES string of the molecule is N#Cc1cc(F)cc(CO[C@H](CO)CCCCCCCCCCCCCCCCCC(F)(F)F)c1. The minimum absolute atomic E-state index is 0.0710. The van der Waals surface area contributed by atoms with Crippen molar-refractivity contribution in [2.75, 3.05) is 6.61 Å². The van der Waals surface area contributed by atoms with Crippen LogP contribution >= 0.6 is 0 Å². The summed E-state index contributed by atoms with van der Waals surface area (Å²) in [6, 6.07) is 6.06. The van der Waals surface area contributed by atoms with Crippen LogP contribution in [0.4, 0.5) is 17.6 Å². The Morgan fingerprint density at radius 3 is 1.71 bits per heavy atom. The van der Waals surface area contributed by atoms with Crippen LogP contribution in [-0.4, -0.2) is 24.0 Å². The molecule has 0 fully saturated rings. The first-order valence-corrected chi connectivity index (χ1v) is 13.3. The second-order valence-electron chi connectivity index (χ2n) is 9.53. The molecule has 7 heteroatoms. The number of alkyl halides is 3. The fraction of sp³-hybridized carbons (Fsp3) is 0.750. The molecule has 0 aromatic heterocycles. The summed E-state index contributed by atoms with van der Waals surface area (Å²) in [6.07, 6.45) is 11.7. The van der Waals surface area contributed by atoms with Crippen LogP contribution in [-0.2, 0) is 11.3 Å². The third kappa shape index (κ3) is 18.3. The maximum Gasteiger partial charge on any atom is 0.389 e. The Labute approximate surface area is 208 Å². The number of rotatable bonds is 21. The van der Waals surface area contributed by atoms with E-state index in [4.69, 9.17) is 10.00 Å². The molecule has 1 atom stereocenters. The zero-order valence-corrected chi connectivity index (χ0v) is 21.1. The molecule has 1 aromatic rings. The Morgan fingerprint density at radius 2 is 1.26 bits per heavy atom. The standard InChI is InChI=1S/C28H43F4NO2/c29-26-19-24(21-33)18-25(20-26)23-35-27(22-34)16-14-12-10-8-6-4-2-1-3-5-7-9-11-13-15-17-28(30,31)32/h18-20,27,34H,1-17,22-23H2/t27-/m0/s1. The number of nitriles is 1. The lowest BCUT2D eigenvalue weighted by Gasteiger charge is -2.15. The maximum absolute atomic E-state index is 13.5. The maximum atomic E-state index is 13.5. The third-order valence-corrected chi connectivity index (χ3v) is 6.26. The lowest BCUT2D eigenvalue weighted by Crippen LogP contribution is -2.17. The molecule has 0 bridgehead atoms. The summed E-state index contributed by atoms with van der Waals surface area (Å²) in [7, 11) is 0. The number of nitrogens with zero attached hydrogens (tertiary/aromatic N) is 1. The van der Waals surface area contributed by atoms with Gasteiger partial charge in [0.05, 0.1) is 31.0 Å². The van der Waals surface area contributed by atoms with E-state index in [1.54, 1.807) is 6.07 Å². The van der Waals surface area contributed by atoms with E-state index in [9.17, 15) is 22.7 Å². The molecule has 0 aliphatic heterocycles. The minimum atomic E-state index is -4.00. The minimum Gasteiger partial charge on any atom is -0.394 e. The molecule has 0 unspecified atom stereocenters. The number of hydrogen-bond donors (Lipinski definition) is 1. The molecule has 0 radical (unpaired) electrons. The van der Waals surface area contributed by atoms with E-state index in [-0.39, 0.29) is 31.3 Å². The highest BCUT2D eigenvalue weighted by molar-refractivity contribution is 5.33. The normalized spacial score (nSPS) is 12.6. The van der Waals surface area contributed by atoms with E-state index >= 15 is 0 Å². The summed E-state index contributed by atoms with van der Waals surface area (Å²) < 4.78 is 55.3. The lowest BCUT2D eigenvalue weighted by molar-refractivity contribution is -0.135.